The molecule has 0 spiro atoms. The lowest BCUT2D eigenvalue weighted by Gasteiger charge is -2.18. The van der Waals surface area contributed by atoms with E-state index in [4.69, 9.17) is 9.52 Å². The lowest BCUT2D eigenvalue weighted by molar-refractivity contribution is -0.147. The Morgan fingerprint density at radius 3 is 2.74 bits per heavy atom. The molecular formula is C14H17NO4. The van der Waals surface area contributed by atoms with Gasteiger partial charge < -0.3 is 14.4 Å². The summed E-state index contributed by atoms with van der Waals surface area (Å²) in [5.41, 5.74) is -0.829. The van der Waals surface area contributed by atoms with E-state index in [1.165, 1.54) is 6.08 Å². The van der Waals surface area contributed by atoms with E-state index in [-0.39, 0.29) is 12.5 Å². The maximum absolute atomic E-state index is 11.9. The highest BCUT2D eigenvalue weighted by Crippen LogP contribution is 2.30. The molecule has 2 heterocycles. The van der Waals surface area contributed by atoms with Gasteiger partial charge in [-0.05, 0) is 38.5 Å². The van der Waals surface area contributed by atoms with Crippen LogP contribution in [0.4, 0.5) is 0 Å². The van der Waals surface area contributed by atoms with Gasteiger partial charge in [0.15, 0.2) is 0 Å². The molecule has 5 nitrogen and oxygen atoms in total. The summed E-state index contributed by atoms with van der Waals surface area (Å²) < 4.78 is 5.32. The van der Waals surface area contributed by atoms with Crippen molar-refractivity contribution in [3.8, 4) is 0 Å². The molecule has 102 valence electrons. The zero-order chi connectivity index (χ0) is 14.0. The van der Waals surface area contributed by atoms with Gasteiger partial charge in [-0.15, -0.1) is 0 Å². The SMILES string of the molecule is Cc1ccc(/C=C\C(=O)N2CC[C@](C)(C(=O)O)C2)o1. The predicted octanol–water partition coefficient (Wildman–Crippen LogP) is 1.92. The Hall–Kier alpha value is -2.04. The molecule has 19 heavy (non-hydrogen) atoms. The number of aliphatic carboxylic acids is 1. The molecule has 1 saturated heterocycles. The number of rotatable bonds is 3. The number of nitrogens with zero attached hydrogens (tertiary/aromatic N) is 1. The number of hydrogen-bond donors (Lipinski definition) is 1. The quantitative estimate of drug-likeness (QED) is 0.846. The van der Waals surface area contributed by atoms with Crippen molar-refractivity contribution in [1.29, 1.82) is 0 Å². The van der Waals surface area contributed by atoms with Gasteiger partial charge in [0.2, 0.25) is 5.91 Å². The Morgan fingerprint density at radius 1 is 1.47 bits per heavy atom. The average Bonchev–Trinajstić information content (AvgIpc) is 2.94. The molecule has 1 N–H and O–H groups in total. The molecule has 0 unspecified atom stereocenters. The van der Waals surface area contributed by atoms with E-state index in [9.17, 15) is 9.59 Å². The molecule has 0 aromatic carbocycles. The highest BCUT2D eigenvalue weighted by molar-refractivity contribution is 5.92. The normalized spacial score (nSPS) is 23.2. The number of carboxylic acid groups (broad SMARTS) is 1. The molecular weight excluding hydrogens is 246 g/mol. The van der Waals surface area contributed by atoms with Gasteiger partial charge in [0.25, 0.3) is 0 Å². The molecule has 1 fully saturated rings. The van der Waals surface area contributed by atoms with Gasteiger partial charge in [-0.25, -0.2) is 0 Å². The topological polar surface area (TPSA) is 70.8 Å². The van der Waals surface area contributed by atoms with Gasteiger partial charge in [-0.1, -0.05) is 0 Å². The lowest BCUT2D eigenvalue weighted by Crippen LogP contribution is -2.34. The zero-order valence-electron chi connectivity index (χ0n) is 11.0. The van der Waals surface area contributed by atoms with Crippen LogP contribution >= 0.6 is 0 Å². The number of aryl methyl sites for hydroxylation is 1. The minimum absolute atomic E-state index is 0.181. The molecule has 0 bridgehead atoms. The first kappa shape index (κ1) is 13.4. The van der Waals surface area contributed by atoms with Gasteiger partial charge in [0.1, 0.15) is 11.5 Å². The molecule has 0 aliphatic carbocycles. The standard InChI is InChI=1S/C14H17NO4/c1-10-3-4-11(19-10)5-6-12(16)15-8-7-14(2,9-15)13(17)18/h3-6H,7-9H2,1-2H3,(H,17,18)/b6-5-/t14-/m0/s1. The fraction of sp³-hybridized carbons (Fsp3) is 0.429. The third-order valence-corrected chi connectivity index (χ3v) is 3.45. The molecule has 1 amide bonds. The number of hydrogen-bond acceptors (Lipinski definition) is 3. The smallest absolute Gasteiger partial charge is 0.311 e. The Morgan fingerprint density at radius 2 is 2.21 bits per heavy atom. The van der Waals surface area contributed by atoms with Crippen molar-refractivity contribution in [2.24, 2.45) is 5.41 Å². The molecule has 0 radical (unpaired) electrons. The highest BCUT2D eigenvalue weighted by atomic mass is 16.4. The van der Waals surface area contributed by atoms with Crippen LogP contribution in [0.5, 0.6) is 0 Å². The van der Waals surface area contributed by atoms with Gasteiger partial charge in [-0.3, -0.25) is 9.59 Å². The maximum atomic E-state index is 11.9. The van der Waals surface area contributed by atoms with Crippen molar-refractivity contribution in [2.45, 2.75) is 20.3 Å². The van der Waals surface area contributed by atoms with E-state index in [1.54, 1.807) is 24.0 Å². The third-order valence-electron chi connectivity index (χ3n) is 3.45. The van der Waals surface area contributed by atoms with Gasteiger partial charge in [0, 0.05) is 19.2 Å². The van der Waals surface area contributed by atoms with Crippen molar-refractivity contribution in [3.63, 3.8) is 0 Å². The molecule has 1 aromatic rings. The average molecular weight is 263 g/mol. The lowest BCUT2D eigenvalue weighted by atomic mass is 9.90. The molecule has 1 aliphatic rings. The van der Waals surface area contributed by atoms with Crippen molar-refractivity contribution in [3.05, 3.63) is 29.7 Å². The van der Waals surface area contributed by atoms with Gasteiger partial charge in [-0.2, -0.15) is 0 Å². The summed E-state index contributed by atoms with van der Waals surface area (Å²) in [6.07, 6.45) is 3.51. The summed E-state index contributed by atoms with van der Waals surface area (Å²) in [6, 6.07) is 3.60. The number of likely N-dealkylation sites (tertiary alicyclic amines) is 1. The summed E-state index contributed by atoms with van der Waals surface area (Å²) in [4.78, 5) is 24.6. The van der Waals surface area contributed by atoms with Crippen LogP contribution in [0.1, 0.15) is 24.9 Å². The fourth-order valence-corrected chi connectivity index (χ4v) is 2.13. The first-order valence-corrected chi connectivity index (χ1v) is 6.17. The fourth-order valence-electron chi connectivity index (χ4n) is 2.13. The van der Waals surface area contributed by atoms with E-state index in [1.807, 2.05) is 13.0 Å². The summed E-state index contributed by atoms with van der Waals surface area (Å²) in [5.74, 6) is 0.366. The van der Waals surface area contributed by atoms with Crippen molar-refractivity contribution in [2.75, 3.05) is 13.1 Å². The van der Waals surface area contributed by atoms with Crippen LogP contribution in [-0.4, -0.2) is 35.0 Å². The summed E-state index contributed by atoms with van der Waals surface area (Å²) in [6.45, 7) is 4.23. The van der Waals surface area contributed by atoms with E-state index in [2.05, 4.69) is 0 Å². The van der Waals surface area contributed by atoms with Crippen molar-refractivity contribution < 1.29 is 19.1 Å². The Balaban J connectivity index is 1.99. The van der Waals surface area contributed by atoms with Crippen LogP contribution < -0.4 is 0 Å². The Labute approximate surface area is 111 Å². The molecule has 1 atom stereocenters. The molecule has 1 aliphatic heterocycles. The van der Waals surface area contributed by atoms with Crippen LogP contribution in [0.3, 0.4) is 0 Å². The first-order valence-electron chi connectivity index (χ1n) is 6.17. The van der Waals surface area contributed by atoms with Gasteiger partial charge in [0.05, 0.1) is 5.41 Å². The third kappa shape index (κ3) is 2.86. The number of amides is 1. The Bertz CT molecular complexity index is 531. The minimum atomic E-state index is -0.853. The van der Waals surface area contributed by atoms with Crippen LogP contribution in [0, 0.1) is 12.3 Å². The van der Waals surface area contributed by atoms with Crippen LogP contribution in [0.15, 0.2) is 22.6 Å². The van der Waals surface area contributed by atoms with Gasteiger partial charge >= 0.3 is 5.97 Å². The van der Waals surface area contributed by atoms with Crippen molar-refractivity contribution in [1.82, 2.24) is 4.90 Å². The number of carbonyl (C=O) groups is 2. The summed E-state index contributed by atoms with van der Waals surface area (Å²) >= 11 is 0. The highest BCUT2D eigenvalue weighted by Gasteiger charge is 2.41. The summed E-state index contributed by atoms with van der Waals surface area (Å²) in [5, 5.41) is 9.11. The van der Waals surface area contributed by atoms with Crippen molar-refractivity contribution >= 4 is 18.0 Å². The van der Waals surface area contributed by atoms with Crippen LogP contribution in [0.2, 0.25) is 0 Å². The number of carboxylic acids is 1. The summed E-state index contributed by atoms with van der Waals surface area (Å²) in [7, 11) is 0. The maximum Gasteiger partial charge on any atom is 0.311 e. The molecule has 2 rings (SSSR count). The minimum Gasteiger partial charge on any atom is -0.481 e. The second-order valence-electron chi connectivity index (χ2n) is 5.16. The zero-order valence-corrected chi connectivity index (χ0v) is 11.0. The largest absolute Gasteiger partial charge is 0.481 e. The number of furan rings is 1. The van der Waals surface area contributed by atoms with Crippen LogP contribution in [0.25, 0.3) is 6.08 Å². The number of carbonyl (C=O) groups excluding carboxylic acids is 1. The Kier molecular flexibility index (Phi) is 3.46. The molecule has 0 saturated carbocycles. The van der Waals surface area contributed by atoms with E-state index < -0.39 is 11.4 Å². The van der Waals surface area contributed by atoms with E-state index in [0.717, 1.165) is 5.76 Å². The predicted molar refractivity (Wildman–Crippen MR) is 69.4 cm³/mol. The second kappa shape index (κ2) is 4.91. The second-order valence-corrected chi connectivity index (χ2v) is 5.16. The first-order chi connectivity index (χ1) is 8.90. The molecule has 1 aromatic heterocycles. The monoisotopic (exact) mass is 263 g/mol. The van der Waals surface area contributed by atoms with Crippen LogP contribution in [-0.2, 0) is 9.59 Å². The molecule has 5 heteroatoms. The van der Waals surface area contributed by atoms with E-state index in [0.29, 0.717) is 18.7 Å². The van der Waals surface area contributed by atoms with E-state index >= 15 is 0 Å².